The Kier molecular flexibility index (Phi) is 2.97. The number of ether oxygens (including phenoxy) is 2. The number of methoxy groups -OCH3 is 2. The maximum Gasteiger partial charge on any atom is 0.201 e. The SMILES string of the molecule is COc1cc2nc(N)n(C3CCCC3)c2cc1OC. The van der Waals surface area contributed by atoms with Crippen molar-refractivity contribution in [3.8, 4) is 11.5 Å². The molecule has 1 aromatic carbocycles. The van der Waals surface area contributed by atoms with Crippen LogP contribution in [0.1, 0.15) is 31.7 Å². The van der Waals surface area contributed by atoms with Gasteiger partial charge in [-0.15, -0.1) is 0 Å². The first-order valence-corrected chi connectivity index (χ1v) is 6.64. The summed E-state index contributed by atoms with van der Waals surface area (Å²) >= 11 is 0. The molecule has 1 aliphatic carbocycles. The molecule has 0 unspecified atom stereocenters. The third kappa shape index (κ3) is 1.89. The topological polar surface area (TPSA) is 62.3 Å². The van der Waals surface area contributed by atoms with Crippen molar-refractivity contribution in [3.05, 3.63) is 12.1 Å². The zero-order chi connectivity index (χ0) is 13.4. The molecule has 2 N–H and O–H groups in total. The second kappa shape index (κ2) is 4.64. The number of rotatable bonds is 3. The fraction of sp³-hybridized carbons (Fsp3) is 0.500. The predicted octanol–water partition coefficient (Wildman–Crippen LogP) is 2.75. The molecule has 0 bridgehead atoms. The van der Waals surface area contributed by atoms with Crippen LogP contribution >= 0.6 is 0 Å². The van der Waals surface area contributed by atoms with Gasteiger partial charge in [0.2, 0.25) is 5.95 Å². The molecule has 0 atom stereocenters. The van der Waals surface area contributed by atoms with Gasteiger partial charge in [-0.2, -0.15) is 0 Å². The molecule has 1 saturated carbocycles. The second-order valence-corrected chi connectivity index (χ2v) is 4.97. The van der Waals surface area contributed by atoms with Gasteiger partial charge in [-0.05, 0) is 12.8 Å². The summed E-state index contributed by atoms with van der Waals surface area (Å²) in [6.07, 6.45) is 4.86. The highest BCUT2D eigenvalue weighted by Gasteiger charge is 2.22. The average molecular weight is 261 g/mol. The summed E-state index contributed by atoms with van der Waals surface area (Å²) in [6, 6.07) is 4.31. The Labute approximate surface area is 112 Å². The van der Waals surface area contributed by atoms with Crippen LogP contribution in [-0.4, -0.2) is 23.8 Å². The Bertz CT molecular complexity index is 600. The summed E-state index contributed by atoms with van der Waals surface area (Å²) in [6.45, 7) is 0. The fourth-order valence-electron chi connectivity index (χ4n) is 2.99. The molecule has 3 rings (SSSR count). The number of hydrogen-bond acceptors (Lipinski definition) is 4. The van der Waals surface area contributed by atoms with Gasteiger partial charge in [0.1, 0.15) is 0 Å². The van der Waals surface area contributed by atoms with Crippen LogP contribution in [0.15, 0.2) is 12.1 Å². The van der Waals surface area contributed by atoms with E-state index in [2.05, 4.69) is 9.55 Å². The average Bonchev–Trinajstić information content (AvgIpc) is 3.02. The number of nitrogens with two attached hydrogens (primary N) is 1. The number of imidazole rings is 1. The second-order valence-electron chi connectivity index (χ2n) is 4.97. The highest BCUT2D eigenvalue weighted by Crippen LogP contribution is 2.38. The van der Waals surface area contributed by atoms with Crippen LogP contribution in [0.4, 0.5) is 5.95 Å². The van der Waals surface area contributed by atoms with Gasteiger partial charge in [0, 0.05) is 18.2 Å². The smallest absolute Gasteiger partial charge is 0.201 e. The zero-order valence-corrected chi connectivity index (χ0v) is 11.3. The number of nitrogen functional groups attached to an aromatic ring is 1. The molecule has 5 heteroatoms. The Morgan fingerprint density at radius 1 is 1.16 bits per heavy atom. The minimum atomic E-state index is 0.461. The third-order valence-electron chi connectivity index (χ3n) is 3.91. The largest absolute Gasteiger partial charge is 0.493 e. The molecule has 0 saturated heterocycles. The van der Waals surface area contributed by atoms with E-state index in [-0.39, 0.29) is 0 Å². The molecule has 1 aliphatic rings. The number of aromatic nitrogens is 2. The van der Waals surface area contributed by atoms with Gasteiger partial charge >= 0.3 is 0 Å². The van der Waals surface area contributed by atoms with Crippen molar-refractivity contribution in [3.63, 3.8) is 0 Å². The number of benzene rings is 1. The molecular formula is C14H19N3O2. The van der Waals surface area contributed by atoms with Crippen LogP contribution in [-0.2, 0) is 0 Å². The quantitative estimate of drug-likeness (QED) is 0.922. The number of anilines is 1. The molecule has 2 aromatic rings. The number of nitrogens with zero attached hydrogens (tertiary/aromatic N) is 2. The molecule has 1 heterocycles. The lowest BCUT2D eigenvalue weighted by molar-refractivity contribution is 0.355. The first kappa shape index (κ1) is 12.1. The Balaban J connectivity index is 2.18. The third-order valence-corrected chi connectivity index (χ3v) is 3.91. The fourth-order valence-corrected chi connectivity index (χ4v) is 2.99. The van der Waals surface area contributed by atoms with Gasteiger partial charge in [-0.1, -0.05) is 12.8 Å². The van der Waals surface area contributed by atoms with Gasteiger partial charge in [-0.25, -0.2) is 4.98 Å². The Morgan fingerprint density at radius 2 is 1.79 bits per heavy atom. The molecule has 0 aliphatic heterocycles. The minimum Gasteiger partial charge on any atom is -0.493 e. The van der Waals surface area contributed by atoms with Crippen LogP contribution < -0.4 is 15.2 Å². The van der Waals surface area contributed by atoms with Crippen molar-refractivity contribution >= 4 is 17.0 Å². The van der Waals surface area contributed by atoms with E-state index in [1.807, 2.05) is 12.1 Å². The monoisotopic (exact) mass is 261 g/mol. The van der Waals surface area contributed by atoms with Gasteiger partial charge in [-0.3, -0.25) is 0 Å². The molecular weight excluding hydrogens is 242 g/mol. The van der Waals surface area contributed by atoms with Crippen LogP contribution in [0.2, 0.25) is 0 Å². The zero-order valence-electron chi connectivity index (χ0n) is 11.3. The van der Waals surface area contributed by atoms with Gasteiger partial charge in [0.25, 0.3) is 0 Å². The van der Waals surface area contributed by atoms with Gasteiger partial charge in [0.05, 0.1) is 25.3 Å². The molecule has 0 radical (unpaired) electrons. The maximum atomic E-state index is 6.09. The van der Waals surface area contributed by atoms with E-state index in [9.17, 15) is 0 Å². The van der Waals surface area contributed by atoms with Crippen molar-refractivity contribution in [2.45, 2.75) is 31.7 Å². The van der Waals surface area contributed by atoms with E-state index in [4.69, 9.17) is 15.2 Å². The molecule has 102 valence electrons. The van der Waals surface area contributed by atoms with E-state index in [0.29, 0.717) is 23.5 Å². The predicted molar refractivity (Wildman–Crippen MR) is 74.8 cm³/mol. The normalized spacial score (nSPS) is 16.1. The summed E-state index contributed by atoms with van der Waals surface area (Å²) in [5.41, 5.74) is 7.98. The van der Waals surface area contributed by atoms with Gasteiger partial charge in [0.15, 0.2) is 11.5 Å². The van der Waals surface area contributed by atoms with Crippen LogP contribution in [0, 0.1) is 0 Å². The van der Waals surface area contributed by atoms with E-state index >= 15 is 0 Å². The summed E-state index contributed by atoms with van der Waals surface area (Å²) in [4.78, 5) is 4.45. The van der Waals surface area contributed by atoms with Crippen molar-refractivity contribution in [1.82, 2.24) is 9.55 Å². The molecule has 0 amide bonds. The number of fused-ring (bicyclic) bond motifs is 1. The molecule has 1 aromatic heterocycles. The summed E-state index contributed by atoms with van der Waals surface area (Å²) in [5.74, 6) is 1.98. The summed E-state index contributed by atoms with van der Waals surface area (Å²) in [7, 11) is 3.27. The Morgan fingerprint density at radius 3 is 2.42 bits per heavy atom. The molecule has 0 spiro atoms. The van der Waals surface area contributed by atoms with E-state index in [0.717, 1.165) is 11.0 Å². The standard InChI is InChI=1S/C14H19N3O2/c1-18-12-7-10-11(8-13(12)19-2)17(14(15)16-10)9-5-3-4-6-9/h7-9H,3-6H2,1-2H3,(H2,15,16). The first-order valence-electron chi connectivity index (χ1n) is 6.64. The van der Waals surface area contributed by atoms with Crippen molar-refractivity contribution in [1.29, 1.82) is 0 Å². The van der Waals surface area contributed by atoms with Crippen LogP contribution in [0.25, 0.3) is 11.0 Å². The highest BCUT2D eigenvalue weighted by atomic mass is 16.5. The lowest BCUT2D eigenvalue weighted by atomic mass is 10.2. The van der Waals surface area contributed by atoms with E-state index in [1.165, 1.54) is 25.7 Å². The molecule has 19 heavy (non-hydrogen) atoms. The van der Waals surface area contributed by atoms with Gasteiger partial charge < -0.3 is 19.8 Å². The summed E-state index contributed by atoms with van der Waals surface area (Å²) in [5, 5.41) is 0. The Hall–Kier alpha value is -1.91. The first-order chi connectivity index (χ1) is 9.24. The molecule has 5 nitrogen and oxygen atoms in total. The highest BCUT2D eigenvalue weighted by molar-refractivity contribution is 5.82. The lowest BCUT2D eigenvalue weighted by Crippen LogP contribution is -2.08. The maximum absolute atomic E-state index is 6.09. The van der Waals surface area contributed by atoms with Crippen molar-refractivity contribution in [2.24, 2.45) is 0 Å². The molecule has 1 fully saturated rings. The van der Waals surface area contributed by atoms with Crippen molar-refractivity contribution < 1.29 is 9.47 Å². The van der Waals surface area contributed by atoms with Crippen LogP contribution in [0.3, 0.4) is 0 Å². The minimum absolute atomic E-state index is 0.461. The van der Waals surface area contributed by atoms with E-state index < -0.39 is 0 Å². The van der Waals surface area contributed by atoms with Crippen molar-refractivity contribution in [2.75, 3.05) is 20.0 Å². The van der Waals surface area contributed by atoms with Crippen LogP contribution in [0.5, 0.6) is 11.5 Å². The number of hydrogen-bond donors (Lipinski definition) is 1. The van der Waals surface area contributed by atoms with E-state index in [1.54, 1.807) is 14.2 Å². The lowest BCUT2D eigenvalue weighted by Gasteiger charge is -2.15. The summed E-state index contributed by atoms with van der Waals surface area (Å²) < 4.78 is 12.8.